The monoisotopic (exact) mass is 634 g/mol. The summed E-state index contributed by atoms with van der Waals surface area (Å²) >= 11 is 7.36. The van der Waals surface area contributed by atoms with Crippen LogP contribution in [-0.2, 0) is 16.1 Å². The molecule has 0 bridgehead atoms. The second kappa shape index (κ2) is 13.9. The molecule has 1 aliphatic rings. The van der Waals surface area contributed by atoms with Crippen LogP contribution in [-0.4, -0.2) is 53.4 Å². The fourth-order valence-corrected chi connectivity index (χ4v) is 5.70. The summed E-state index contributed by atoms with van der Waals surface area (Å²) in [4.78, 5) is 38.8. The lowest BCUT2D eigenvalue weighted by atomic mass is 10.0. The van der Waals surface area contributed by atoms with Gasteiger partial charge in [-0.15, -0.1) is 0 Å². The van der Waals surface area contributed by atoms with Crippen molar-refractivity contribution in [3.8, 4) is 23.0 Å². The molecule has 0 fully saturated rings. The Kier molecular flexibility index (Phi) is 9.76. The molecule has 10 nitrogen and oxygen atoms in total. The summed E-state index contributed by atoms with van der Waals surface area (Å²) < 4.78 is 21.9. The lowest BCUT2D eigenvalue weighted by molar-refractivity contribution is -0.137. The van der Waals surface area contributed by atoms with Gasteiger partial charge < -0.3 is 29.2 Å². The van der Waals surface area contributed by atoms with Crippen molar-refractivity contribution in [2.75, 3.05) is 32.1 Å². The SMILES string of the molecule is COc1ccc(NC(=O)C(c2ccc3c(c2)OCO3)N(Cc2ccc(Cl)cc2)C(=O)CSc2nc(C)cc(C)n2)c(OC)c1. The first kappa shape index (κ1) is 31.0. The van der Waals surface area contributed by atoms with Crippen LogP contribution >= 0.6 is 23.4 Å². The van der Waals surface area contributed by atoms with Gasteiger partial charge in [0, 0.05) is 29.0 Å². The molecule has 1 N–H and O–H groups in total. The van der Waals surface area contributed by atoms with Crippen molar-refractivity contribution in [3.63, 3.8) is 0 Å². The predicted octanol–water partition coefficient (Wildman–Crippen LogP) is 5.99. The molecule has 0 radical (unpaired) electrons. The van der Waals surface area contributed by atoms with Crippen LogP contribution in [0.15, 0.2) is 71.9 Å². The summed E-state index contributed by atoms with van der Waals surface area (Å²) in [6, 6.07) is 18.2. The number of aromatic nitrogens is 2. The van der Waals surface area contributed by atoms with E-state index >= 15 is 0 Å². The normalized spacial score (nSPS) is 12.4. The van der Waals surface area contributed by atoms with Gasteiger partial charge in [0.05, 0.1) is 25.7 Å². The van der Waals surface area contributed by atoms with Gasteiger partial charge in [0.1, 0.15) is 17.5 Å². The number of nitrogens with one attached hydrogen (secondary N) is 1. The zero-order valence-electron chi connectivity index (χ0n) is 24.6. The average molecular weight is 635 g/mol. The molecule has 1 aromatic heterocycles. The molecule has 0 spiro atoms. The van der Waals surface area contributed by atoms with Crippen molar-refractivity contribution >= 4 is 40.9 Å². The Balaban J connectivity index is 1.54. The standard InChI is InChI=1S/C32H31ClN4O6S/c1-19-13-20(2)35-32(34-19)44-17-29(38)37(16-21-5-8-23(33)9-6-21)30(22-7-12-26-28(14-22)43-18-42-26)31(39)36-25-11-10-24(40-3)15-27(25)41-4/h5-15,30H,16-18H2,1-4H3,(H,36,39). The maximum Gasteiger partial charge on any atom is 0.251 e. The molecular formula is C32H31ClN4O6S. The Morgan fingerprint density at radius 1 is 0.955 bits per heavy atom. The van der Waals surface area contributed by atoms with E-state index in [-0.39, 0.29) is 25.0 Å². The summed E-state index contributed by atoms with van der Waals surface area (Å²) in [6.45, 7) is 3.94. The Hall–Kier alpha value is -4.48. The molecule has 0 saturated carbocycles. The van der Waals surface area contributed by atoms with Crippen molar-refractivity contribution in [1.82, 2.24) is 14.9 Å². The van der Waals surface area contributed by atoms with Crippen LogP contribution in [0.2, 0.25) is 5.02 Å². The van der Waals surface area contributed by atoms with Crippen molar-refractivity contribution in [1.29, 1.82) is 0 Å². The van der Waals surface area contributed by atoms with Crippen LogP contribution < -0.4 is 24.3 Å². The van der Waals surface area contributed by atoms with Crippen LogP contribution in [0.25, 0.3) is 0 Å². The number of methoxy groups -OCH3 is 2. The second-order valence-corrected chi connectivity index (χ2v) is 11.3. The first-order valence-corrected chi connectivity index (χ1v) is 15.0. The molecule has 228 valence electrons. The van der Waals surface area contributed by atoms with E-state index < -0.39 is 11.9 Å². The minimum atomic E-state index is -1.07. The van der Waals surface area contributed by atoms with E-state index in [1.165, 1.54) is 23.8 Å². The molecule has 44 heavy (non-hydrogen) atoms. The van der Waals surface area contributed by atoms with Gasteiger partial charge >= 0.3 is 0 Å². The van der Waals surface area contributed by atoms with Gasteiger partial charge in [-0.3, -0.25) is 9.59 Å². The van der Waals surface area contributed by atoms with E-state index in [1.807, 2.05) is 32.0 Å². The Morgan fingerprint density at radius 2 is 1.68 bits per heavy atom. The van der Waals surface area contributed by atoms with Gasteiger partial charge in [-0.25, -0.2) is 9.97 Å². The van der Waals surface area contributed by atoms with Gasteiger partial charge in [-0.05, 0) is 67.4 Å². The van der Waals surface area contributed by atoms with Gasteiger partial charge in [0.15, 0.2) is 16.7 Å². The predicted molar refractivity (Wildman–Crippen MR) is 168 cm³/mol. The van der Waals surface area contributed by atoms with E-state index in [0.717, 1.165) is 17.0 Å². The molecule has 5 rings (SSSR count). The molecule has 12 heteroatoms. The number of carbonyl (C=O) groups is 2. The minimum Gasteiger partial charge on any atom is -0.497 e. The highest BCUT2D eigenvalue weighted by Crippen LogP contribution is 2.38. The zero-order valence-corrected chi connectivity index (χ0v) is 26.2. The molecule has 2 heterocycles. The molecule has 0 aliphatic carbocycles. The zero-order chi connectivity index (χ0) is 31.2. The van der Waals surface area contributed by atoms with E-state index in [9.17, 15) is 9.59 Å². The maximum atomic E-state index is 14.3. The van der Waals surface area contributed by atoms with Gasteiger partial charge in [0.2, 0.25) is 12.7 Å². The highest BCUT2D eigenvalue weighted by atomic mass is 35.5. The average Bonchev–Trinajstić information content (AvgIpc) is 3.48. The molecular weight excluding hydrogens is 604 g/mol. The summed E-state index contributed by atoms with van der Waals surface area (Å²) in [7, 11) is 3.05. The Morgan fingerprint density at radius 3 is 2.39 bits per heavy atom. The lowest BCUT2D eigenvalue weighted by Gasteiger charge is -2.32. The highest BCUT2D eigenvalue weighted by molar-refractivity contribution is 7.99. The first-order chi connectivity index (χ1) is 21.2. The highest BCUT2D eigenvalue weighted by Gasteiger charge is 2.33. The third-order valence-corrected chi connectivity index (χ3v) is 7.90. The number of fused-ring (bicyclic) bond motifs is 1. The number of hydrogen-bond acceptors (Lipinski definition) is 9. The molecule has 0 saturated heterocycles. The van der Waals surface area contributed by atoms with E-state index in [0.29, 0.717) is 44.4 Å². The summed E-state index contributed by atoms with van der Waals surface area (Å²) in [5.74, 6) is 1.26. The van der Waals surface area contributed by atoms with Crippen LogP contribution in [0.5, 0.6) is 23.0 Å². The van der Waals surface area contributed by atoms with E-state index in [2.05, 4.69) is 15.3 Å². The van der Waals surface area contributed by atoms with Crippen LogP contribution in [0.1, 0.15) is 28.6 Å². The van der Waals surface area contributed by atoms with Gasteiger partial charge in [-0.2, -0.15) is 0 Å². The number of benzene rings is 3. The number of nitrogens with zero attached hydrogens (tertiary/aromatic N) is 3. The number of amides is 2. The van der Waals surface area contributed by atoms with Gasteiger partial charge in [0.25, 0.3) is 5.91 Å². The van der Waals surface area contributed by atoms with Crippen molar-refractivity contribution < 1.29 is 28.5 Å². The number of anilines is 1. The van der Waals surface area contributed by atoms with Crippen molar-refractivity contribution in [2.24, 2.45) is 0 Å². The summed E-state index contributed by atoms with van der Waals surface area (Å²) in [6.07, 6.45) is 0. The van der Waals surface area contributed by atoms with Crippen LogP contribution in [0.4, 0.5) is 5.69 Å². The largest absolute Gasteiger partial charge is 0.497 e. The summed E-state index contributed by atoms with van der Waals surface area (Å²) in [5, 5.41) is 4.00. The van der Waals surface area contributed by atoms with Crippen LogP contribution in [0, 0.1) is 13.8 Å². The number of ether oxygens (including phenoxy) is 4. The van der Waals surface area contributed by atoms with Crippen molar-refractivity contribution in [2.45, 2.75) is 31.6 Å². The van der Waals surface area contributed by atoms with Crippen molar-refractivity contribution in [3.05, 3.63) is 94.3 Å². The number of thioether (sulfide) groups is 1. The van der Waals surface area contributed by atoms with E-state index in [1.54, 1.807) is 55.6 Å². The minimum absolute atomic E-state index is 0.00330. The smallest absolute Gasteiger partial charge is 0.251 e. The lowest BCUT2D eigenvalue weighted by Crippen LogP contribution is -2.42. The second-order valence-electron chi connectivity index (χ2n) is 9.94. The molecule has 1 unspecified atom stereocenters. The quantitative estimate of drug-likeness (QED) is 0.157. The molecule has 1 atom stereocenters. The molecule has 2 amide bonds. The first-order valence-electron chi connectivity index (χ1n) is 13.7. The van der Waals surface area contributed by atoms with E-state index in [4.69, 9.17) is 30.5 Å². The topological polar surface area (TPSA) is 112 Å². The number of hydrogen-bond donors (Lipinski definition) is 1. The molecule has 1 aliphatic heterocycles. The number of carbonyl (C=O) groups excluding carboxylic acids is 2. The Labute approximate surface area is 264 Å². The third-order valence-electron chi connectivity index (χ3n) is 6.81. The molecule has 4 aromatic rings. The fraction of sp³-hybridized carbons (Fsp3) is 0.250. The third kappa shape index (κ3) is 7.35. The number of halogens is 1. The Bertz CT molecular complexity index is 1650. The molecule has 3 aromatic carbocycles. The number of rotatable bonds is 11. The number of aryl methyl sites for hydroxylation is 2. The fourth-order valence-electron chi connectivity index (χ4n) is 4.74. The maximum absolute atomic E-state index is 14.3. The summed E-state index contributed by atoms with van der Waals surface area (Å²) in [5.41, 5.74) is 3.35. The van der Waals surface area contributed by atoms with Crippen LogP contribution in [0.3, 0.4) is 0 Å². The van der Waals surface area contributed by atoms with Gasteiger partial charge in [-0.1, -0.05) is 41.6 Å².